The van der Waals surface area contributed by atoms with E-state index in [1.165, 1.54) is 18.3 Å². The van der Waals surface area contributed by atoms with Gasteiger partial charge in [0, 0.05) is 6.20 Å². The predicted octanol–water partition coefficient (Wildman–Crippen LogP) is 2.98. The molecule has 0 radical (unpaired) electrons. The van der Waals surface area contributed by atoms with Crippen LogP contribution in [0, 0.1) is 0 Å². The topological polar surface area (TPSA) is 59.3 Å². The molecule has 0 aliphatic carbocycles. The highest BCUT2D eigenvalue weighted by atomic mass is 32.2. The van der Waals surface area contributed by atoms with E-state index >= 15 is 0 Å². The highest BCUT2D eigenvalue weighted by Crippen LogP contribution is 2.23. The molecule has 0 saturated carbocycles. The van der Waals surface area contributed by atoms with Gasteiger partial charge in [-0.2, -0.15) is 0 Å². The fraction of sp³-hybridized carbons (Fsp3) is 0.125. The van der Waals surface area contributed by atoms with E-state index in [1.54, 1.807) is 36.4 Å². The molecule has 1 aromatic carbocycles. The van der Waals surface area contributed by atoms with E-state index in [0.29, 0.717) is 5.69 Å². The van der Waals surface area contributed by atoms with E-state index in [9.17, 15) is 13.5 Å². The maximum absolute atomic E-state index is 12.6. The van der Waals surface area contributed by atoms with Crippen LogP contribution in [-0.4, -0.2) is 17.5 Å². The van der Waals surface area contributed by atoms with Crippen molar-refractivity contribution in [3.63, 3.8) is 0 Å². The number of hydrogen-bond donors (Lipinski definition) is 1. The molecule has 0 saturated heterocycles. The smallest absolute Gasteiger partial charge is 0.267 e. The van der Waals surface area contributed by atoms with Crippen molar-refractivity contribution in [3.8, 4) is 0 Å². The van der Waals surface area contributed by atoms with Gasteiger partial charge >= 0.3 is 0 Å². The van der Waals surface area contributed by atoms with Crippen LogP contribution in [0.15, 0.2) is 66.7 Å². The second-order valence-electron chi connectivity index (χ2n) is 4.55. The molecule has 5 heteroatoms. The molecule has 0 aliphatic heterocycles. The highest BCUT2D eigenvalue weighted by Gasteiger charge is 2.22. The number of nitrogens with zero attached hydrogens (tertiary/aromatic N) is 1. The lowest BCUT2D eigenvalue weighted by atomic mass is 10.2. The Balaban J connectivity index is 2.46. The lowest BCUT2D eigenvalue weighted by molar-refractivity contribution is 0.176. The van der Waals surface area contributed by atoms with Crippen molar-refractivity contribution in [2.45, 2.75) is 17.4 Å². The zero-order valence-corrected chi connectivity index (χ0v) is 12.3. The van der Waals surface area contributed by atoms with Crippen LogP contribution in [0.5, 0.6) is 0 Å². The van der Waals surface area contributed by atoms with Gasteiger partial charge in [-0.1, -0.05) is 30.9 Å². The summed E-state index contributed by atoms with van der Waals surface area (Å²) in [5, 5.41) is 10.0. The second kappa shape index (κ2) is 6.11. The minimum Gasteiger partial charge on any atom is -0.387 e. The molecule has 1 heterocycles. The zero-order chi connectivity index (χ0) is 15.5. The van der Waals surface area contributed by atoms with E-state index < -0.39 is 16.1 Å². The third-order valence-corrected chi connectivity index (χ3v) is 4.87. The maximum Gasteiger partial charge on any atom is 0.267 e. The Hall–Kier alpha value is -2.11. The normalized spacial score (nSPS) is 12.8. The Bertz CT molecular complexity index is 742. The molecule has 4 nitrogen and oxygen atoms in total. The van der Waals surface area contributed by atoms with Gasteiger partial charge in [-0.25, -0.2) is 12.4 Å². The van der Waals surface area contributed by atoms with Crippen molar-refractivity contribution < 1.29 is 13.5 Å². The third-order valence-electron chi connectivity index (χ3n) is 3.15. The van der Waals surface area contributed by atoms with Crippen molar-refractivity contribution >= 4 is 16.1 Å². The van der Waals surface area contributed by atoms with Gasteiger partial charge in [0.25, 0.3) is 10.0 Å². The van der Waals surface area contributed by atoms with Gasteiger partial charge < -0.3 is 5.11 Å². The Morgan fingerprint density at radius 3 is 2.43 bits per heavy atom. The molecule has 1 unspecified atom stereocenters. The van der Waals surface area contributed by atoms with Crippen LogP contribution in [0.2, 0.25) is 0 Å². The Morgan fingerprint density at radius 2 is 1.86 bits per heavy atom. The van der Waals surface area contributed by atoms with Gasteiger partial charge in [-0.15, -0.1) is 6.58 Å². The highest BCUT2D eigenvalue weighted by molar-refractivity contribution is 7.90. The van der Waals surface area contributed by atoms with Gasteiger partial charge in [-0.3, -0.25) is 0 Å². The van der Waals surface area contributed by atoms with Gasteiger partial charge in [0.15, 0.2) is 0 Å². The average Bonchev–Trinajstić information content (AvgIpc) is 2.98. The van der Waals surface area contributed by atoms with E-state index in [0.717, 1.165) is 9.54 Å². The molecule has 1 aromatic heterocycles. The van der Waals surface area contributed by atoms with Crippen LogP contribution in [0.1, 0.15) is 23.8 Å². The Kier molecular flexibility index (Phi) is 4.45. The summed E-state index contributed by atoms with van der Waals surface area (Å²) in [5.74, 6) is 0. The Morgan fingerprint density at radius 1 is 1.19 bits per heavy atom. The summed E-state index contributed by atoms with van der Waals surface area (Å²) in [5.41, 5.74) is 1.16. The summed E-state index contributed by atoms with van der Waals surface area (Å²) in [7, 11) is -3.73. The van der Waals surface area contributed by atoms with Crippen LogP contribution < -0.4 is 0 Å². The number of benzene rings is 1. The quantitative estimate of drug-likeness (QED) is 0.835. The first-order valence-corrected chi connectivity index (χ1v) is 7.89. The zero-order valence-electron chi connectivity index (χ0n) is 11.5. The molecule has 21 heavy (non-hydrogen) atoms. The second-order valence-corrected chi connectivity index (χ2v) is 6.36. The summed E-state index contributed by atoms with van der Waals surface area (Å²) in [6, 6.07) is 9.60. The predicted molar refractivity (Wildman–Crippen MR) is 83.3 cm³/mol. The maximum atomic E-state index is 12.6. The first-order valence-electron chi connectivity index (χ1n) is 6.45. The molecular weight excluding hydrogens is 286 g/mol. The first kappa shape index (κ1) is 15.3. The molecule has 0 fully saturated rings. The molecule has 110 valence electrons. The van der Waals surface area contributed by atoms with Gasteiger partial charge in [0.2, 0.25) is 0 Å². The standard InChI is InChI=1S/C16H17NO3S/c1-3-6-16(18)15-7-5-12-17(15)21(19,20)14-10-8-13(4-2)9-11-14/h3-5,7-12,16,18H,1-2,6H2. The van der Waals surface area contributed by atoms with Crippen molar-refractivity contribution in [2.75, 3.05) is 0 Å². The number of aromatic nitrogens is 1. The number of aliphatic hydroxyl groups excluding tert-OH is 1. The van der Waals surface area contributed by atoms with Gasteiger partial charge in [0.05, 0.1) is 16.7 Å². The first-order chi connectivity index (χ1) is 10.0. The number of rotatable bonds is 6. The minimum atomic E-state index is -3.73. The number of aliphatic hydroxyl groups is 1. The monoisotopic (exact) mass is 303 g/mol. The molecule has 0 spiro atoms. The van der Waals surface area contributed by atoms with E-state index in [2.05, 4.69) is 13.2 Å². The van der Waals surface area contributed by atoms with Crippen molar-refractivity contribution in [1.29, 1.82) is 0 Å². The molecular formula is C16H17NO3S. The van der Waals surface area contributed by atoms with Crippen LogP contribution >= 0.6 is 0 Å². The van der Waals surface area contributed by atoms with Crippen LogP contribution in [0.25, 0.3) is 6.08 Å². The average molecular weight is 303 g/mol. The molecule has 0 aliphatic rings. The molecule has 0 bridgehead atoms. The van der Waals surface area contributed by atoms with Crippen molar-refractivity contribution in [1.82, 2.24) is 3.97 Å². The summed E-state index contributed by atoms with van der Waals surface area (Å²) in [6.07, 6.45) is 4.01. The van der Waals surface area contributed by atoms with E-state index in [-0.39, 0.29) is 11.3 Å². The molecule has 2 aromatic rings. The summed E-state index contributed by atoms with van der Waals surface area (Å²) in [6.45, 7) is 7.18. The summed E-state index contributed by atoms with van der Waals surface area (Å²) >= 11 is 0. The largest absolute Gasteiger partial charge is 0.387 e. The van der Waals surface area contributed by atoms with E-state index in [4.69, 9.17) is 0 Å². The van der Waals surface area contributed by atoms with Crippen LogP contribution in [0.4, 0.5) is 0 Å². The summed E-state index contributed by atoms with van der Waals surface area (Å²) < 4.78 is 26.3. The molecule has 2 rings (SSSR count). The third kappa shape index (κ3) is 2.99. The SMILES string of the molecule is C=CCC(O)c1cccn1S(=O)(=O)c1ccc(C=C)cc1. The van der Waals surface area contributed by atoms with Crippen LogP contribution in [0.3, 0.4) is 0 Å². The Labute approximate surface area is 124 Å². The van der Waals surface area contributed by atoms with Gasteiger partial charge in [0.1, 0.15) is 0 Å². The lowest BCUT2D eigenvalue weighted by Gasteiger charge is -2.14. The van der Waals surface area contributed by atoms with Gasteiger partial charge in [-0.05, 0) is 36.2 Å². The molecule has 1 atom stereocenters. The summed E-state index contributed by atoms with van der Waals surface area (Å²) in [4.78, 5) is 0.163. The fourth-order valence-corrected chi connectivity index (χ4v) is 3.42. The van der Waals surface area contributed by atoms with Crippen molar-refractivity contribution in [3.05, 3.63) is 73.1 Å². The van der Waals surface area contributed by atoms with E-state index in [1.807, 2.05) is 0 Å². The minimum absolute atomic E-state index is 0.163. The molecule has 1 N–H and O–H groups in total. The van der Waals surface area contributed by atoms with Crippen LogP contribution in [-0.2, 0) is 10.0 Å². The number of hydrogen-bond acceptors (Lipinski definition) is 3. The lowest BCUT2D eigenvalue weighted by Crippen LogP contribution is -2.16. The van der Waals surface area contributed by atoms with Crippen molar-refractivity contribution in [2.24, 2.45) is 0 Å². The molecule has 0 amide bonds. The fourth-order valence-electron chi connectivity index (χ4n) is 2.02.